The van der Waals surface area contributed by atoms with E-state index in [9.17, 15) is 13.2 Å². The summed E-state index contributed by atoms with van der Waals surface area (Å²) in [6.45, 7) is 1.94. The van der Waals surface area contributed by atoms with Gasteiger partial charge in [0.15, 0.2) is 0 Å². The number of anilines is 1. The lowest BCUT2D eigenvalue weighted by atomic mass is 10.2. The third-order valence-electron chi connectivity index (χ3n) is 3.77. The molecule has 0 spiro atoms. The smallest absolute Gasteiger partial charge is 0.271 e. The minimum Gasteiger partial charge on any atom is -0.278 e. The van der Waals surface area contributed by atoms with Gasteiger partial charge < -0.3 is 0 Å². The quantitative estimate of drug-likeness (QED) is 0.449. The number of nitrogens with one attached hydrogen (secondary N) is 2. The molecular formula is C19H16ClN3O3S2. The second-order valence-corrected chi connectivity index (χ2v) is 8.82. The van der Waals surface area contributed by atoms with Gasteiger partial charge in [0.1, 0.15) is 0 Å². The Hall–Kier alpha value is -2.68. The molecule has 1 heterocycles. The van der Waals surface area contributed by atoms with E-state index < -0.39 is 15.9 Å². The molecule has 28 heavy (non-hydrogen) atoms. The van der Waals surface area contributed by atoms with E-state index in [0.29, 0.717) is 0 Å². The zero-order valence-electron chi connectivity index (χ0n) is 14.7. The maximum absolute atomic E-state index is 12.6. The first-order valence-corrected chi connectivity index (χ1v) is 10.9. The van der Waals surface area contributed by atoms with Crippen LogP contribution in [-0.2, 0) is 10.0 Å². The van der Waals surface area contributed by atoms with Crippen LogP contribution in [0.1, 0.15) is 20.8 Å². The van der Waals surface area contributed by atoms with Crippen molar-refractivity contribution >= 4 is 50.8 Å². The predicted octanol–water partition coefficient (Wildman–Crippen LogP) is 4.27. The Morgan fingerprint density at radius 1 is 1.14 bits per heavy atom. The zero-order chi connectivity index (χ0) is 20.1. The largest absolute Gasteiger partial charge is 0.278 e. The Balaban J connectivity index is 1.76. The number of hydrazone groups is 1. The number of hydrogen-bond donors (Lipinski definition) is 2. The van der Waals surface area contributed by atoms with Gasteiger partial charge in [-0.2, -0.15) is 5.10 Å². The van der Waals surface area contributed by atoms with Crippen LogP contribution in [0.2, 0.25) is 5.02 Å². The van der Waals surface area contributed by atoms with Crippen molar-refractivity contribution in [3.63, 3.8) is 0 Å². The number of hydrogen-bond acceptors (Lipinski definition) is 5. The Bertz CT molecular complexity index is 1140. The minimum atomic E-state index is -3.90. The fraction of sp³-hybridized carbons (Fsp3) is 0.0526. The first-order valence-electron chi connectivity index (χ1n) is 8.12. The monoisotopic (exact) mass is 433 g/mol. The highest BCUT2D eigenvalue weighted by Gasteiger charge is 2.17. The molecule has 9 heteroatoms. The fourth-order valence-corrected chi connectivity index (χ4v) is 4.43. The number of amides is 1. The molecule has 1 amide bonds. The number of aryl methyl sites for hydroxylation is 1. The number of carbonyl (C=O) groups excluding carboxylic acids is 1. The van der Waals surface area contributed by atoms with Crippen LogP contribution in [0.25, 0.3) is 0 Å². The van der Waals surface area contributed by atoms with E-state index in [-0.39, 0.29) is 21.2 Å². The third kappa shape index (κ3) is 4.78. The number of carbonyl (C=O) groups is 1. The van der Waals surface area contributed by atoms with Gasteiger partial charge >= 0.3 is 0 Å². The first kappa shape index (κ1) is 20.1. The number of para-hydroxylation sites is 1. The molecule has 0 aliphatic carbocycles. The molecule has 0 aliphatic rings. The number of rotatable bonds is 6. The van der Waals surface area contributed by atoms with E-state index >= 15 is 0 Å². The summed E-state index contributed by atoms with van der Waals surface area (Å²) in [4.78, 5) is 13.2. The van der Waals surface area contributed by atoms with Gasteiger partial charge in [-0.25, -0.2) is 13.8 Å². The van der Waals surface area contributed by atoms with Crippen molar-refractivity contribution in [1.29, 1.82) is 0 Å². The van der Waals surface area contributed by atoms with Crippen LogP contribution in [0.15, 0.2) is 70.0 Å². The van der Waals surface area contributed by atoms with E-state index in [0.717, 1.165) is 10.4 Å². The number of halogens is 1. The second-order valence-electron chi connectivity index (χ2n) is 5.78. The predicted molar refractivity (Wildman–Crippen MR) is 113 cm³/mol. The molecule has 0 aliphatic heterocycles. The molecule has 2 N–H and O–H groups in total. The summed E-state index contributed by atoms with van der Waals surface area (Å²) in [7, 11) is -3.90. The van der Waals surface area contributed by atoms with Crippen LogP contribution >= 0.6 is 22.9 Å². The summed E-state index contributed by atoms with van der Waals surface area (Å²) in [5.74, 6) is -0.514. The summed E-state index contributed by atoms with van der Waals surface area (Å²) >= 11 is 7.51. The highest BCUT2D eigenvalue weighted by atomic mass is 35.5. The van der Waals surface area contributed by atoms with E-state index in [2.05, 4.69) is 15.2 Å². The molecule has 1 aromatic heterocycles. The van der Waals surface area contributed by atoms with Crippen LogP contribution in [0, 0.1) is 6.92 Å². The lowest BCUT2D eigenvalue weighted by molar-refractivity contribution is 0.0955. The summed E-state index contributed by atoms with van der Waals surface area (Å²) in [5, 5.41) is 6.13. The molecule has 2 aromatic carbocycles. The van der Waals surface area contributed by atoms with E-state index in [4.69, 9.17) is 11.6 Å². The normalized spacial score (nSPS) is 11.5. The van der Waals surface area contributed by atoms with Crippen molar-refractivity contribution in [2.75, 3.05) is 4.72 Å². The average Bonchev–Trinajstić information content (AvgIpc) is 3.08. The van der Waals surface area contributed by atoms with Crippen LogP contribution in [-0.4, -0.2) is 20.5 Å². The highest BCUT2D eigenvalue weighted by molar-refractivity contribution is 7.92. The van der Waals surface area contributed by atoms with Crippen molar-refractivity contribution < 1.29 is 13.2 Å². The lowest BCUT2D eigenvalue weighted by Crippen LogP contribution is -2.19. The van der Waals surface area contributed by atoms with E-state index in [1.807, 2.05) is 18.4 Å². The van der Waals surface area contributed by atoms with Crippen LogP contribution < -0.4 is 10.1 Å². The molecule has 0 unspecified atom stereocenters. The molecule has 0 radical (unpaired) electrons. The summed E-state index contributed by atoms with van der Waals surface area (Å²) < 4.78 is 27.6. The van der Waals surface area contributed by atoms with Crippen LogP contribution in [0.4, 0.5) is 5.69 Å². The Labute approximate surface area is 171 Å². The fourth-order valence-electron chi connectivity index (χ4n) is 2.28. The molecular weight excluding hydrogens is 418 g/mol. The molecule has 0 saturated heterocycles. The minimum absolute atomic E-state index is 0.0573. The molecule has 0 bridgehead atoms. The van der Waals surface area contributed by atoms with Gasteiger partial charge in [-0.1, -0.05) is 29.8 Å². The average molecular weight is 434 g/mol. The molecule has 0 atom stereocenters. The SMILES string of the molecule is Cc1ccsc1/C=N/NC(=O)c1cccc(S(=O)(=O)Nc2ccccc2Cl)c1. The third-order valence-corrected chi connectivity index (χ3v) is 6.42. The van der Waals surface area contributed by atoms with Gasteiger partial charge in [0.25, 0.3) is 15.9 Å². The van der Waals surface area contributed by atoms with Crippen LogP contribution in [0.3, 0.4) is 0 Å². The first-order chi connectivity index (χ1) is 13.4. The summed E-state index contributed by atoms with van der Waals surface area (Å²) in [5.41, 5.74) is 3.89. The van der Waals surface area contributed by atoms with Gasteiger partial charge in [-0.15, -0.1) is 11.3 Å². The number of benzene rings is 2. The Kier molecular flexibility index (Phi) is 6.13. The maximum Gasteiger partial charge on any atom is 0.271 e. The lowest BCUT2D eigenvalue weighted by Gasteiger charge is -2.10. The topological polar surface area (TPSA) is 87.6 Å². The van der Waals surface area contributed by atoms with Crippen LogP contribution in [0.5, 0.6) is 0 Å². The number of sulfonamides is 1. The molecule has 144 valence electrons. The molecule has 3 rings (SSSR count). The van der Waals surface area contributed by atoms with Gasteiger partial charge in [-0.05, 0) is 54.3 Å². The number of thiophene rings is 1. The molecule has 0 saturated carbocycles. The Morgan fingerprint density at radius 3 is 2.64 bits per heavy atom. The van der Waals surface area contributed by atoms with Crippen molar-refractivity contribution in [1.82, 2.24) is 5.43 Å². The summed E-state index contributed by atoms with van der Waals surface area (Å²) in [6, 6.07) is 14.1. The zero-order valence-corrected chi connectivity index (χ0v) is 17.1. The Morgan fingerprint density at radius 2 is 1.93 bits per heavy atom. The number of nitrogens with zero attached hydrogens (tertiary/aromatic N) is 1. The highest BCUT2D eigenvalue weighted by Crippen LogP contribution is 2.24. The molecule has 3 aromatic rings. The van der Waals surface area contributed by atoms with E-state index in [1.165, 1.54) is 35.6 Å². The summed E-state index contributed by atoms with van der Waals surface area (Å²) in [6.07, 6.45) is 1.55. The van der Waals surface area contributed by atoms with Gasteiger partial charge in [-0.3, -0.25) is 9.52 Å². The maximum atomic E-state index is 12.6. The van der Waals surface area contributed by atoms with Gasteiger partial charge in [0, 0.05) is 10.4 Å². The van der Waals surface area contributed by atoms with Gasteiger partial charge in [0.05, 0.1) is 21.8 Å². The van der Waals surface area contributed by atoms with Crippen molar-refractivity contribution in [3.05, 3.63) is 81.0 Å². The second kappa shape index (κ2) is 8.55. The van der Waals surface area contributed by atoms with Gasteiger partial charge in [0.2, 0.25) is 0 Å². The van der Waals surface area contributed by atoms with Crippen molar-refractivity contribution in [3.8, 4) is 0 Å². The standard InChI is InChI=1S/C19H16ClN3O3S2/c1-13-9-10-27-18(13)12-21-22-19(24)14-5-4-6-15(11-14)28(25,26)23-17-8-3-2-7-16(17)20/h2-12,23H,1H3,(H,22,24)/b21-12+. The van der Waals surface area contributed by atoms with E-state index in [1.54, 1.807) is 30.5 Å². The van der Waals surface area contributed by atoms with Crippen molar-refractivity contribution in [2.45, 2.75) is 11.8 Å². The molecule has 6 nitrogen and oxygen atoms in total. The van der Waals surface area contributed by atoms with Crippen molar-refractivity contribution in [2.24, 2.45) is 5.10 Å². The molecule has 0 fully saturated rings.